The number of ether oxygens (including phenoxy) is 1. The molecule has 1 aliphatic carbocycles. The van der Waals surface area contributed by atoms with Crippen LogP contribution in [0.2, 0.25) is 0 Å². The Kier molecular flexibility index (Phi) is 7.20. The number of rotatable bonds is 7. The van der Waals surface area contributed by atoms with E-state index in [-0.39, 0.29) is 24.7 Å². The Bertz CT molecular complexity index is 459. The summed E-state index contributed by atoms with van der Waals surface area (Å²) in [6.45, 7) is 2.75. The second kappa shape index (κ2) is 9.40. The SMILES string of the molecule is CC[C@@H](COc1ccccc1)NC(=O)NC1CCC(CO)CC1. The van der Waals surface area contributed by atoms with E-state index < -0.39 is 0 Å². The molecule has 0 aromatic heterocycles. The van der Waals surface area contributed by atoms with Crippen LogP contribution in [0.3, 0.4) is 0 Å². The average molecular weight is 320 g/mol. The van der Waals surface area contributed by atoms with Gasteiger partial charge in [0.1, 0.15) is 12.4 Å². The molecule has 3 N–H and O–H groups in total. The number of urea groups is 1. The highest BCUT2D eigenvalue weighted by Gasteiger charge is 2.22. The molecule has 1 aliphatic rings. The number of benzene rings is 1. The van der Waals surface area contributed by atoms with Crippen molar-refractivity contribution < 1.29 is 14.6 Å². The van der Waals surface area contributed by atoms with Crippen LogP contribution in [0.25, 0.3) is 0 Å². The summed E-state index contributed by atoms with van der Waals surface area (Å²) in [4.78, 5) is 12.1. The van der Waals surface area contributed by atoms with Crippen molar-refractivity contribution in [3.05, 3.63) is 30.3 Å². The summed E-state index contributed by atoms with van der Waals surface area (Å²) in [5.41, 5.74) is 0. The first-order valence-electron chi connectivity index (χ1n) is 8.57. The summed E-state index contributed by atoms with van der Waals surface area (Å²) in [5, 5.41) is 15.2. The lowest BCUT2D eigenvalue weighted by Crippen LogP contribution is -2.48. The van der Waals surface area contributed by atoms with Gasteiger partial charge in [0, 0.05) is 12.6 Å². The molecule has 1 atom stereocenters. The van der Waals surface area contributed by atoms with Crippen LogP contribution in [-0.2, 0) is 0 Å². The molecule has 2 amide bonds. The van der Waals surface area contributed by atoms with Crippen molar-refractivity contribution in [1.29, 1.82) is 0 Å². The van der Waals surface area contributed by atoms with Crippen LogP contribution >= 0.6 is 0 Å². The molecule has 0 saturated heterocycles. The molecule has 0 spiro atoms. The van der Waals surface area contributed by atoms with Gasteiger partial charge in [-0.05, 0) is 50.2 Å². The number of aliphatic hydroxyl groups is 1. The van der Waals surface area contributed by atoms with E-state index in [2.05, 4.69) is 10.6 Å². The number of para-hydroxylation sites is 1. The lowest BCUT2D eigenvalue weighted by molar-refractivity contribution is 0.173. The summed E-state index contributed by atoms with van der Waals surface area (Å²) in [7, 11) is 0. The Morgan fingerprint density at radius 3 is 2.57 bits per heavy atom. The molecule has 1 aromatic rings. The number of carbonyl (C=O) groups is 1. The monoisotopic (exact) mass is 320 g/mol. The topological polar surface area (TPSA) is 70.6 Å². The lowest BCUT2D eigenvalue weighted by Gasteiger charge is -2.28. The van der Waals surface area contributed by atoms with Gasteiger partial charge in [0.2, 0.25) is 0 Å². The van der Waals surface area contributed by atoms with Gasteiger partial charge in [0.15, 0.2) is 0 Å². The van der Waals surface area contributed by atoms with Crippen LogP contribution < -0.4 is 15.4 Å². The van der Waals surface area contributed by atoms with E-state index in [0.29, 0.717) is 12.5 Å². The number of amides is 2. The number of nitrogens with one attached hydrogen (secondary N) is 2. The highest BCUT2D eigenvalue weighted by atomic mass is 16.5. The molecule has 0 unspecified atom stereocenters. The maximum Gasteiger partial charge on any atom is 0.315 e. The number of carbonyl (C=O) groups excluding carboxylic acids is 1. The standard InChI is InChI=1S/C18H28N2O3/c1-2-15(13-23-17-6-4-3-5-7-17)19-18(22)20-16-10-8-14(12-21)9-11-16/h3-7,14-16,21H,2,8-13H2,1H3,(H2,19,20,22)/t14?,15-,16?/m0/s1. The highest BCUT2D eigenvalue weighted by Crippen LogP contribution is 2.23. The minimum Gasteiger partial charge on any atom is -0.491 e. The quantitative estimate of drug-likeness (QED) is 0.723. The summed E-state index contributed by atoms with van der Waals surface area (Å²) >= 11 is 0. The second-order valence-electron chi connectivity index (χ2n) is 6.25. The molecule has 5 nitrogen and oxygen atoms in total. The zero-order valence-electron chi connectivity index (χ0n) is 13.8. The zero-order chi connectivity index (χ0) is 16.5. The predicted molar refractivity (Wildman–Crippen MR) is 90.5 cm³/mol. The van der Waals surface area contributed by atoms with Crippen molar-refractivity contribution in [2.24, 2.45) is 5.92 Å². The number of hydrogen-bond acceptors (Lipinski definition) is 3. The Morgan fingerprint density at radius 2 is 1.96 bits per heavy atom. The minimum atomic E-state index is -0.124. The van der Waals surface area contributed by atoms with Gasteiger partial charge < -0.3 is 20.5 Å². The van der Waals surface area contributed by atoms with E-state index in [0.717, 1.165) is 37.9 Å². The van der Waals surface area contributed by atoms with Crippen molar-refractivity contribution in [2.45, 2.75) is 51.1 Å². The first-order chi connectivity index (χ1) is 11.2. The molecule has 1 saturated carbocycles. The molecular formula is C18H28N2O3. The van der Waals surface area contributed by atoms with Gasteiger partial charge in [0.25, 0.3) is 0 Å². The third-order valence-corrected chi connectivity index (χ3v) is 4.46. The van der Waals surface area contributed by atoms with E-state index in [1.165, 1.54) is 0 Å². The van der Waals surface area contributed by atoms with E-state index in [9.17, 15) is 4.79 Å². The van der Waals surface area contributed by atoms with Gasteiger partial charge in [-0.25, -0.2) is 4.79 Å². The molecule has 0 heterocycles. The summed E-state index contributed by atoms with van der Waals surface area (Å²) in [6.07, 6.45) is 4.66. The van der Waals surface area contributed by atoms with Gasteiger partial charge >= 0.3 is 6.03 Å². The molecule has 0 radical (unpaired) electrons. The van der Waals surface area contributed by atoms with Gasteiger partial charge in [-0.2, -0.15) is 0 Å². The summed E-state index contributed by atoms with van der Waals surface area (Å²) < 4.78 is 5.71. The van der Waals surface area contributed by atoms with Crippen LogP contribution in [0.1, 0.15) is 39.0 Å². The Hall–Kier alpha value is -1.75. The van der Waals surface area contributed by atoms with E-state index >= 15 is 0 Å². The second-order valence-corrected chi connectivity index (χ2v) is 6.25. The Balaban J connectivity index is 1.70. The fourth-order valence-electron chi connectivity index (χ4n) is 2.88. The van der Waals surface area contributed by atoms with Gasteiger partial charge in [-0.1, -0.05) is 25.1 Å². The minimum absolute atomic E-state index is 0.0102. The molecule has 2 rings (SSSR count). The fourth-order valence-corrected chi connectivity index (χ4v) is 2.88. The van der Waals surface area contributed by atoms with Crippen LogP contribution in [0, 0.1) is 5.92 Å². The molecule has 128 valence electrons. The van der Waals surface area contributed by atoms with Gasteiger partial charge in [-0.15, -0.1) is 0 Å². The van der Waals surface area contributed by atoms with Gasteiger partial charge in [-0.3, -0.25) is 0 Å². The van der Waals surface area contributed by atoms with Crippen LogP contribution in [0.4, 0.5) is 4.79 Å². The van der Waals surface area contributed by atoms with E-state index in [1.807, 2.05) is 37.3 Å². The first-order valence-corrected chi connectivity index (χ1v) is 8.57. The van der Waals surface area contributed by atoms with Crippen molar-refractivity contribution in [2.75, 3.05) is 13.2 Å². The average Bonchev–Trinajstić information content (AvgIpc) is 2.60. The first kappa shape index (κ1) is 17.6. The van der Waals surface area contributed by atoms with Crippen molar-refractivity contribution >= 4 is 6.03 Å². The molecule has 0 aliphatic heterocycles. The molecular weight excluding hydrogens is 292 g/mol. The molecule has 1 aromatic carbocycles. The highest BCUT2D eigenvalue weighted by molar-refractivity contribution is 5.74. The normalized spacial score (nSPS) is 22.2. The molecule has 1 fully saturated rings. The third kappa shape index (κ3) is 6.10. The summed E-state index contributed by atoms with van der Waals surface area (Å²) in [6, 6.07) is 9.70. The fraction of sp³-hybridized carbons (Fsp3) is 0.611. The van der Waals surface area contributed by atoms with E-state index in [4.69, 9.17) is 9.84 Å². The third-order valence-electron chi connectivity index (χ3n) is 4.46. The van der Waals surface area contributed by atoms with Gasteiger partial charge in [0.05, 0.1) is 6.04 Å². The smallest absolute Gasteiger partial charge is 0.315 e. The predicted octanol–water partition coefficient (Wildman–Crippen LogP) is 2.69. The summed E-state index contributed by atoms with van der Waals surface area (Å²) in [5.74, 6) is 1.22. The zero-order valence-corrected chi connectivity index (χ0v) is 13.8. The lowest BCUT2D eigenvalue weighted by atomic mass is 9.87. The van der Waals surface area contributed by atoms with Crippen molar-refractivity contribution in [1.82, 2.24) is 10.6 Å². The Labute approximate surface area is 138 Å². The van der Waals surface area contributed by atoms with Crippen LogP contribution in [-0.4, -0.2) is 36.4 Å². The molecule has 23 heavy (non-hydrogen) atoms. The maximum atomic E-state index is 12.1. The van der Waals surface area contributed by atoms with Crippen molar-refractivity contribution in [3.63, 3.8) is 0 Å². The maximum absolute atomic E-state index is 12.1. The molecule has 5 heteroatoms. The van der Waals surface area contributed by atoms with Crippen LogP contribution in [0.5, 0.6) is 5.75 Å². The number of hydrogen-bond donors (Lipinski definition) is 3. The van der Waals surface area contributed by atoms with Crippen molar-refractivity contribution in [3.8, 4) is 5.75 Å². The Morgan fingerprint density at radius 1 is 1.26 bits per heavy atom. The van der Waals surface area contributed by atoms with E-state index in [1.54, 1.807) is 0 Å². The number of aliphatic hydroxyl groups excluding tert-OH is 1. The molecule has 0 bridgehead atoms. The van der Waals surface area contributed by atoms with Crippen LogP contribution in [0.15, 0.2) is 30.3 Å². The largest absolute Gasteiger partial charge is 0.491 e.